The molecule has 6 nitrogen and oxygen atoms in total. The second kappa shape index (κ2) is 5.74. The molecule has 1 atom stereocenters. The van der Waals surface area contributed by atoms with Crippen LogP contribution in [-0.2, 0) is 4.74 Å². The third kappa shape index (κ3) is 2.93. The van der Waals surface area contributed by atoms with Gasteiger partial charge in [-0.2, -0.15) is 4.39 Å². The number of hydrogen-bond donors (Lipinski definition) is 2. The van der Waals surface area contributed by atoms with Gasteiger partial charge in [-0.3, -0.25) is 10.1 Å². The van der Waals surface area contributed by atoms with E-state index in [1.165, 1.54) is 12.1 Å². The third-order valence-electron chi connectivity index (χ3n) is 2.71. The molecule has 18 heavy (non-hydrogen) atoms. The molecule has 0 aromatic heterocycles. The summed E-state index contributed by atoms with van der Waals surface area (Å²) in [6.45, 7) is 2.40. The second-order valence-corrected chi connectivity index (χ2v) is 4.00. The first kappa shape index (κ1) is 12.7. The number of ether oxygens (including phenoxy) is 1. The molecule has 1 saturated heterocycles. The molecule has 1 aromatic carbocycles. The number of benzene rings is 1. The van der Waals surface area contributed by atoms with Crippen molar-refractivity contribution in [2.24, 2.45) is 0 Å². The lowest BCUT2D eigenvalue weighted by molar-refractivity contribution is -0.386. The number of morpholine rings is 1. The molecule has 2 rings (SSSR count). The average molecular weight is 255 g/mol. The maximum atomic E-state index is 13.3. The maximum Gasteiger partial charge on any atom is 0.327 e. The fourth-order valence-corrected chi connectivity index (χ4v) is 1.83. The Balaban J connectivity index is 2.04. The fraction of sp³-hybridized carbons (Fsp3) is 0.455. The summed E-state index contributed by atoms with van der Waals surface area (Å²) in [4.78, 5) is 10.1. The molecule has 1 unspecified atom stereocenters. The summed E-state index contributed by atoms with van der Waals surface area (Å²) in [6, 6.07) is 4.08. The highest BCUT2D eigenvalue weighted by molar-refractivity contribution is 5.62. The van der Waals surface area contributed by atoms with Gasteiger partial charge in [0.05, 0.1) is 18.1 Å². The molecule has 1 aliphatic rings. The van der Waals surface area contributed by atoms with E-state index in [2.05, 4.69) is 10.6 Å². The Morgan fingerprint density at radius 1 is 1.61 bits per heavy atom. The smallest absolute Gasteiger partial charge is 0.327 e. The van der Waals surface area contributed by atoms with Crippen molar-refractivity contribution in [1.29, 1.82) is 0 Å². The summed E-state index contributed by atoms with van der Waals surface area (Å²) in [5.74, 6) is -0.835. The van der Waals surface area contributed by atoms with Crippen LogP contribution in [0.5, 0.6) is 0 Å². The molecule has 0 amide bonds. The van der Waals surface area contributed by atoms with Crippen LogP contribution in [0.1, 0.15) is 0 Å². The van der Waals surface area contributed by atoms with Gasteiger partial charge < -0.3 is 15.4 Å². The van der Waals surface area contributed by atoms with Crippen molar-refractivity contribution in [2.45, 2.75) is 6.04 Å². The summed E-state index contributed by atoms with van der Waals surface area (Å²) < 4.78 is 18.6. The van der Waals surface area contributed by atoms with Gasteiger partial charge in [0.15, 0.2) is 0 Å². The van der Waals surface area contributed by atoms with Crippen LogP contribution in [0.4, 0.5) is 15.8 Å². The molecule has 0 radical (unpaired) electrons. The van der Waals surface area contributed by atoms with Gasteiger partial charge in [0, 0.05) is 19.1 Å². The minimum Gasteiger partial charge on any atom is -0.378 e. The first-order chi connectivity index (χ1) is 8.68. The Morgan fingerprint density at radius 3 is 3.11 bits per heavy atom. The summed E-state index contributed by atoms with van der Waals surface area (Å²) in [5, 5.41) is 16.9. The van der Waals surface area contributed by atoms with E-state index < -0.39 is 16.4 Å². The number of halogens is 1. The monoisotopic (exact) mass is 255 g/mol. The van der Waals surface area contributed by atoms with Gasteiger partial charge in [0.1, 0.15) is 5.69 Å². The van der Waals surface area contributed by atoms with E-state index in [4.69, 9.17) is 4.74 Å². The summed E-state index contributed by atoms with van der Waals surface area (Å²) in [5.41, 5.74) is -0.332. The minimum atomic E-state index is -0.835. The normalized spacial score (nSPS) is 19.5. The van der Waals surface area contributed by atoms with Crippen LogP contribution in [0.2, 0.25) is 0 Å². The van der Waals surface area contributed by atoms with E-state index in [0.717, 1.165) is 12.6 Å². The van der Waals surface area contributed by atoms with Crippen LogP contribution in [0.3, 0.4) is 0 Å². The lowest BCUT2D eigenvalue weighted by Crippen LogP contribution is -2.45. The zero-order valence-corrected chi connectivity index (χ0v) is 9.69. The molecule has 0 aliphatic carbocycles. The van der Waals surface area contributed by atoms with E-state index in [1.54, 1.807) is 0 Å². The Kier molecular flexibility index (Phi) is 4.06. The van der Waals surface area contributed by atoms with Crippen molar-refractivity contribution in [3.05, 3.63) is 34.1 Å². The highest BCUT2D eigenvalue weighted by Crippen LogP contribution is 2.27. The molecule has 7 heteroatoms. The van der Waals surface area contributed by atoms with Crippen molar-refractivity contribution < 1.29 is 14.1 Å². The van der Waals surface area contributed by atoms with Crippen LogP contribution < -0.4 is 10.6 Å². The van der Waals surface area contributed by atoms with Gasteiger partial charge in [0.25, 0.3) is 0 Å². The van der Waals surface area contributed by atoms with Crippen LogP contribution in [0.25, 0.3) is 0 Å². The Labute approximate surface area is 103 Å². The number of hydrogen-bond acceptors (Lipinski definition) is 5. The standard InChI is InChI=1S/C11H14FN3O3/c12-9-2-1-3-10(11(9)15(16)17)14-6-8-7-18-5-4-13-8/h1-3,8,13-14H,4-7H2. The van der Waals surface area contributed by atoms with E-state index in [0.29, 0.717) is 19.8 Å². The zero-order valence-electron chi connectivity index (χ0n) is 9.69. The van der Waals surface area contributed by atoms with Gasteiger partial charge >= 0.3 is 5.69 Å². The fourth-order valence-electron chi connectivity index (χ4n) is 1.83. The summed E-state index contributed by atoms with van der Waals surface area (Å²) in [6.07, 6.45) is 0. The molecule has 1 fully saturated rings. The molecule has 1 aliphatic heterocycles. The molecule has 1 aromatic rings. The maximum absolute atomic E-state index is 13.3. The molecule has 0 saturated carbocycles. The van der Waals surface area contributed by atoms with E-state index in [-0.39, 0.29) is 11.7 Å². The number of nitrogens with one attached hydrogen (secondary N) is 2. The average Bonchev–Trinajstić information content (AvgIpc) is 2.37. The molecule has 0 bridgehead atoms. The number of nitro groups is 1. The van der Waals surface area contributed by atoms with Gasteiger partial charge in [-0.1, -0.05) is 6.07 Å². The van der Waals surface area contributed by atoms with Crippen molar-refractivity contribution in [2.75, 3.05) is 31.6 Å². The summed E-state index contributed by atoms with van der Waals surface area (Å²) in [7, 11) is 0. The van der Waals surface area contributed by atoms with Crippen molar-refractivity contribution in [3.63, 3.8) is 0 Å². The molecule has 1 heterocycles. The third-order valence-corrected chi connectivity index (χ3v) is 2.71. The van der Waals surface area contributed by atoms with E-state index in [1.807, 2.05) is 0 Å². The number of anilines is 1. The van der Waals surface area contributed by atoms with Crippen LogP contribution in [0, 0.1) is 15.9 Å². The summed E-state index contributed by atoms with van der Waals surface area (Å²) >= 11 is 0. The van der Waals surface area contributed by atoms with Crippen LogP contribution in [-0.4, -0.2) is 37.3 Å². The first-order valence-electron chi connectivity index (χ1n) is 5.66. The molecule has 0 spiro atoms. The van der Waals surface area contributed by atoms with Crippen molar-refractivity contribution in [3.8, 4) is 0 Å². The van der Waals surface area contributed by atoms with Gasteiger partial charge in [-0.05, 0) is 12.1 Å². The molecular formula is C11H14FN3O3. The highest BCUT2D eigenvalue weighted by atomic mass is 19.1. The Morgan fingerprint density at radius 2 is 2.44 bits per heavy atom. The molecular weight excluding hydrogens is 241 g/mol. The molecule has 2 N–H and O–H groups in total. The van der Waals surface area contributed by atoms with Crippen LogP contribution in [0.15, 0.2) is 18.2 Å². The predicted molar refractivity (Wildman–Crippen MR) is 64.2 cm³/mol. The predicted octanol–water partition coefficient (Wildman–Crippen LogP) is 1.13. The quantitative estimate of drug-likeness (QED) is 0.623. The largest absolute Gasteiger partial charge is 0.378 e. The topological polar surface area (TPSA) is 76.4 Å². The van der Waals surface area contributed by atoms with Gasteiger partial charge in [-0.25, -0.2) is 0 Å². The van der Waals surface area contributed by atoms with Gasteiger partial charge in [-0.15, -0.1) is 0 Å². The number of rotatable bonds is 4. The minimum absolute atomic E-state index is 0.0709. The molecule has 98 valence electrons. The van der Waals surface area contributed by atoms with Crippen LogP contribution >= 0.6 is 0 Å². The van der Waals surface area contributed by atoms with Crippen molar-refractivity contribution >= 4 is 11.4 Å². The highest BCUT2D eigenvalue weighted by Gasteiger charge is 2.21. The second-order valence-electron chi connectivity index (χ2n) is 4.00. The SMILES string of the molecule is O=[N+]([O-])c1c(F)cccc1NCC1COCCN1. The lowest BCUT2D eigenvalue weighted by Gasteiger charge is -2.24. The van der Waals surface area contributed by atoms with E-state index in [9.17, 15) is 14.5 Å². The van der Waals surface area contributed by atoms with E-state index >= 15 is 0 Å². The number of para-hydroxylation sites is 1. The Hall–Kier alpha value is -1.73. The zero-order chi connectivity index (χ0) is 13.0. The van der Waals surface area contributed by atoms with Gasteiger partial charge in [0.2, 0.25) is 5.82 Å². The Bertz CT molecular complexity index is 436. The van der Waals surface area contributed by atoms with Crippen molar-refractivity contribution in [1.82, 2.24) is 5.32 Å². The first-order valence-corrected chi connectivity index (χ1v) is 5.66. The number of nitro benzene ring substituents is 1. The lowest BCUT2D eigenvalue weighted by atomic mass is 10.2. The number of nitrogens with zero attached hydrogens (tertiary/aromatic N) is 1.